The number of benzene rings is 2. The summed E-state index contributed by atoms with van der Waals surface area (Å²) in [6.45, 7) is -0.435. The molecule has 9 rings (SSSR count). The number of hydrogen-bond donors (Lipinski definition) is 9. The highest BCUT2D eigenvalue weighted by molar-refractivity contribution is 6.15. The summed E-state index contributed by atoms with van der Waals surface area (Å²) in [5.41, 5.74) is 0.372. The van der Waals surface area contributed by atoms with Crippen molar-refractivity contribution in [2.75, 3.05) is 39.5 Å². The fourth-order valence-electron chi connectivity index (χ4n) is 10.3. The summed E-state index contributed by atoms with van der Waals surface area (Å²) >= 11 is 0. The third-order valence-electron chi connectivity index (χ3n) is 14.7. The van der Waals surface area contributed by atoms with Crippen molar-refractivity contribution in [3.63, 3.8) is 0 Å². The number of rotatable bonds is 22. The Balaban J connectivity index is 0.795. The number of halogens is 1. The summed E-state index contributed by atoms with van der Waals surface area (Å²) < 4.78 is 28.2. The van der Waals surface area contributed by atoms with Crippen LogP contribution in [0.2, 0.25) is 0 Å². The van der Waals surface area contributed by atoms with Crippen LogP contribution in [0.1, 0.15) is 77.6 Å². The van der Waals surface area contributed by atoms with Crippen molar-refractivity contribution in [1.29, 1.82) is 0 Å². The van der Waals surface area contributed by atoms with Crippen LogP contribution in [-0.4, -0.2) is 141 Å². The lowest BCUT2D eigenvalue weighted by Gasteiger charge is -2.31. The molecule has 1 fully saturated rings. The first-order valence-electron chi connectivity index (χ1n) is 25.4. The number of nitrogens with one attached hydrogen (secondary N) is 7. The van der Waals surface area contributed by atoms with Gasteiger partial charge in [-0.2, -0.15) is 0 Å². The van der Waals surface area contributed by atoms with Crippen LogP contribution >= 0.6 is 0 Å². The minimum Gasteiger partial charge on any atom is -0.480 e. The Morgan fingerprint density at radius 1 is 0.873 bits per heavy atom. The molecule has 2 aromatic heterocycles. The first-order valence-corrected chi connectivity index (χ1v) is 25.4. The minimum atomic E-state index is -2.07. The van der Waals surface area contributed by atoms with E-state index in [9.17, 15) is 57.8 Å². The number of esters is 1. The Bertz CT molecular complexity index is 3340. The third kappa shape index (κ3) is 11.1. The van der Waals surface area contributed by atoms with Crippen LogP contribution < -0.4 is 42.8 Å². The number of carbonyl (C=O) groups is 10. The zero-order valence-corrected chi connectivity index (χ0v) is 42.7. The largest absolute Gasteiger partial charge is 0.480 e. The number of cyclic esters (lactones) is 1. The van der Waals surface area contributed by atoms with E-state index >= 15 is 4.39 Å². The maximum absolute atomic E-state index is 15.5. The number of aliphatic carboxylic acids is 1. The molecule has 0 bridgehead atoms. The van der Waals surface area contributed by atoms with Crippen molar-refractivity contribution in [3.8, 4) is 11.4 Å². The number of aryl methyl sites for hydroxylation is 1. The average Bonchev–Trinajstić information content (AvgIpc) is 3.11. The van der Waals surface area contributed by atoms with Gasteiger partial charge in [0.25, 0.3) is 23.3 Å². The topological polar surface area (TPSA) is 352 Å². The fraction of sp³-hybridized carbons (Fsp3) is 0.396. The Hall–Kier alpha value is -8.75. The molecular formula is C53H55FN10O15. The van der Waals surface area contributed by atoms with Gasteiger partial charge in [0, 0.05) is 47.7 Å². The maximum atomic E-state index is 15.5. The number of fused-ring (bicyclic) bond motifs is 5. The number of carboxylic acid groups (broad SMARTS) is 1. The predicted octanol–water partition coefficient (Wildman–Crippen LogP) is -1.70. The van der Waals surface area contributed by atoms with Crippen LogP contribution in [0.3, 0.4) is 0 Å². The van der Waals surface area contributed by atoms with E-state index in [1.807, 2.05) is 0 Å². The number of aliphatic hydroxyl groups is 1. The zero-order chi connectivity index (χ0) is 56.5. The molecule has 2 aromatic carbocycles. The maximum Gasteiger partial charge on any atom is 0.343 e. The SMILES string of the molecule is CC[C@@]1(O)C(=O)OCc2c1cc1n(c2=O)Cc2c-1nc1cc(F)c(C)c3c1c2[C@@H](NC(=O)C1(OCNC(=O)CNC(=O)[C@H](Cc2ccccc2)NC(=O)CNC(=O)CNC(=O)C(CNCC(=O)O)N2C(=O)C=CC2=O)CC1)CC3. The normalized spacial score (nSPS) is 18.8. The molecule has 0 radical (unpaired) electrons. The van der Waals surface area contributed by atoms with E-state index in [4.69, 9.17) is 19.6 Å². The Kier molecular flexibility index (Phi) is 15.5. The molecule has 4 atom stereocenters. The minimum absolute atomic E-state index is 0.0318. The van der Waals surface area contributed by atoms with Crippen LogP contribution in [0.25, 0.3) is 22.3 Å². The van der Waals surface area contributed by atoms with E-state index in [0.717, 1.165) is 12.2 Å². The van der Waals surface area contributed by atoms with Crippen LogP contribution in [0.5, 0.6) is 0 Å². The van der Waals surface area contributed by atoms with E-state index in [1.165, 1.54) is 10.6 Å². The van der Waals surface area contributed by atoms with Crippen LogP contribution in [0, 0.1) is 12.7 Å². The molecule has 1 saturated carbocycles. The first kappa shape index (κ1) is 55.0. The van der Waals surface area contributed by atoms with E-state index < -0.39 is 139 Å². The van der Waals surface area contributed by atoms with Crippen molar-refractivity contribution in [1.82, 2.24) is 51.7 Å². The number of amides is 8. The summed E-state index contributed by atoms with van der Waals surface area (Å²) in [5.74, 6) is -8.87. The summed E-state index contributed by atoms with van der Waals surface area (Å²) in [5, 5.41) is 38.6. The second kappa shape index (κ2) is 22.3. The van der Waals surface area contributed by atoms with Gasteiger partial charge in [-0.15, -0.1) is 0 Å². The molecule has 9 N–H and O–H groups in total. The lowest BCUT2D eigenvalue weighted by atomic mass is 9.81. The second-order valence-electron chi connectivity index (χ2n) is 19.7. The quantitative estimate of drug-likeness (QED) is 0.0212. The van der Waals surface area contributed by atoms with Gasteiger partial charge in [0.05, 0.1) is 61.2 Å². The van der Waals surface area contributed by atoms with Gasteiger partial charge in [0.1, 0.15) is 36.8 Å². The van der Waals surface area contributed by atoms with Gasteiger partial charge in [-0.3, -0.25) is 52.8 Å². The summed E-state index contributed by atoms with van der Waals surface area (Å²) in [7, 11) is 0. The highest BCUT2D eigenvalue weighted by Crippen LogP contribution is 2.47. The van der Waals surface area contributed by atoms with E-state index in [2.05, 4.69) is 37.2 Å². The Morgan fingerprint density at radius 3 is 2.24 bits per heavy atom. The number of aromatic nitrogens is 2. The molecular weight excluding hydrogens is 1040 g/mol. The fourth-order valence-corrected chi connectivity index (χ4v) is 10.3. The molecule has 26 heteroatoms. The molecule has 2 aliphatic carbocycles. The number of carboxylic acids is 1. The van der Waals surface area contributed by atoms with Gasteiger partial charge in [-0.25, -0.2) is 14.2 Å². The van der Waals surface area contributed by atoms with E-state index in [0.29, 0.717) is 80.7 Å². The molecule has 0 spiro atoms. The van der Waals surface area contributed by atoms with E-state index in [-0.39, 0.29) is 37.1 Å². The van der Waals surface area contributed by atoms with Crippen molar-refractivity contribution < 1.29 is 72.0 Å². The van der Waals surface area contributed by atoms with Gasteiger partial charge in [-0.05, 0) is 67.3 Å². The van der Waals surface area contributed by atoms with E-state index in [1.54, 1.807) is 50.2 Å². The lowest BCUT2D eigenvalue weighted by Crippen LogP contribution is -2.56. The molecule has 79 heavy (non-hydrogen) atoms. The average molecular weight is 1090 g/mol. The van der Waals surface area contributed by atoms with Gasteiger partial charge >= 0.3 is 11.9 Å². The van der Waals surface area contributed by atoms with Gasteiger partial charge in [0.15, 0.2) is 5.60 Å². The number of imide groups is 1. The molecule has 5 aliphatic rings. The highest BCUT2D eigenvalue weighted by Gasteiger charge is 2.53. The molecule has 3 aliphatic heterocycles. The molecule has 8 amide bonds. The molecule has 25 nitrogen and oxygen atoms in total. The van der Waals surface area contributed by atoms with Gasteiger partial charge in [0.2, 0.25) is 29.5 Å². The standard InChI is InChI=1S/C53H55FN10O15/c1-3-53(77)31-16-36-46-29(23-63(36)49(74)30(31)24-78-51(53)76)45-33(10-9-28-26(2)32(54)17-34(61-46)44(28)45)62-50(75)52(13-14-52)79-25-59-39(66)20-57-47(72)35(15-27-7-5-4-6-8-27)60-40(67)21-56-38(65)19-58-48(73)37(18-55-22-43(70)71)64-41(68)11-12-42(64)69/h4-8,11-12,16-17,33,35,37,55,77H,3,9-10,13-15,18-25H2,1-2H3,(H,56,65)(H,57,72)(H,58,73)(H,59,66)(H,60,67)(H,62,75)(H,70,71)/t33-,35-,37?,53-/m0/s1. The number of pyridine rings is 2. The molecule has 5 heterocycles. The number of hydrogen-bond acceptors (Lipinski definition) is 16. The smallest absolute Gasteiger partial charge is 0.343 e. The summed E-state index contributed by atoms with van der Waals surface area (Å²) in [6, 6.07) is 8.04. The number of ether oxygens (including phenoxy) is 2. The van der Waals surface area contributed by atoms with Crippen LogP contribution in [0.4, 0.5) is 4.39 Å². The van der Waals surface area contributed by atoms with Crippen molar-refractivity contribution in [3.05, 3.63) is 110 Å². The van der Waals surface area contributed by atoms with Crippen LogP contribution in [0.15, 0.2) is 59.4 Å². The van der Waals surface area contributed by atoms with Crippen molar-refractivity contribution in [2.24, 2.45) is 0 Å². The molecule has 0 saturated heterocycles. The molecule has 414 valence electrons. The predicted molar refractivity (Wildman–Crippen MR) is 271 cm³/mol. The second-order valence-corrected chi connectivity index (χ2v) is 19.7. The monoisotopic (exact) mass is 1090 g/mol. The molecule has 4 aromatic rings. The Labute approximate surface area is 448 Å². The first-order chi connectivity index (χ1) is 37.7. The Morgan fingerprint density at radius 2 is 1.56 bits per heavy atom. The lowest BCUT2D eigenvalue weighted by molar-refractivity contribution is -0.172. The van der Waals surface area contributed by atoms with Crippen molar-refractivity contribution in [2.45, 2.75) is 94.9 Å². The highest BCUT2D eigenvalue weighted by atomic mass is 19.1. The van der Waals surface area contributed by atoms with Gasteiger partial charge < -0.3 is 61.5 Å². The van der Waals surface area contributed by atoms with Crippen LogP contribution in [-0.2, 0) is 89.0 Å². The zero-order valence-electron chi connectivity index (χ0n) is 42.7. The molecule has 1 unspecified atom stereocenters. The van der Waals surface area contributed by atoms with Gasteiger partial charge in [-0.1, -0.05) is 37.3 Å². The summed E-state index contributed by atoms with van der Waals surface area (Å²) in [4.78, 5) is 147. The van der Waals surface area contributed by atoms with Crippen molar-refractivity contribution >= 4 is 70.1 Å². The number of carbonyl (C=O) groups excluding carboxylic acids is 9. The number of nitrogens with zero attached hydrogens (tertiary/aromatic N) is 3. The third-order valence-corrected chi connectivity index (χ3v) is 14.7. The summed E-state index contributed by atoms with van der Waals surface area (Å²) in [6.07, 6.45) is 3.13.